The van der Waals surface area contributed by atoms with E-state index in [0.29, 0.717) is 32.1 Å². The van der Waals surface area contributed by atoms with Crippen molar-refractivity contribution in [2.75, 3.05) is 39.0 Å². The van der Waals surface area contributed by atoms with Gasteiger partial charge in [-0.25, -0.2) is 17.7 Å². The summed E-state index contributed by atoms with van der Waals surface area (Å²) in [5.74, 6) is 0.662. The molecule has 0 bridgehead atoms. The fourth-order valence-corrected chi connectivity index (χ4v) is 4.54. The third-order valence-electron chi connectivity index (χ3n) is 3.68. The molecule has 0 aliphatic carbocycles. The maximum atomic E-state index is 12.1. The lowest BCUT2D eigenvalue weighted by atomic mass is 10.4. The number of aromatic nitrogens is 1. The number of rotatable bonds is 9. The molecular formula is C15H29N5O2S2. The fourth-order valence-electron chi connectivity index (χ4n) is 2.20. The van der Waals surface area contributed by atoms with Crippen LogP contribution in [0.2, 0.25) is 0 Å². The molecule has 0 aliphatic heterocycles. The van der Waals surface area contributed by atoms with E-state index in [1.54, 1.807) is 18.4 Å². The summed E-state index contributed by atoms with van der Waals surface area (Å²) in [5.41, 5.74) is 1.08. The van der Waals surface area contributed by atoms with Crippen LogP contribution in [-0.4, -0.2) is 62.6 Å². The maximum Gasteiger partial charge on any atom is 0.215 e. The number of thiazole rings is 1. The van der Waals surface area contributed by atoms with Gasteiger partial charge < -0.3 is 10.6 Å². The lowest BCUT2D eigenvalue weighted by Crippen LogP contribution is -2.42. The van der Waals surface area contributed by atoms with E-state index in [1.807, 2.05) is 20.8 Å². The van der Waals surface area contributed by atoms with E-state index in [9.17, 15) is 8.42 Å². The van der Waals surface area contributed by atoms with Crippen LogP contribution >= 0.6 is 11.3 Å². The normalized spacial score (nSPS) is 12.7. The molecule has 0 spiro atoms. The van der Waals surface area contributed by atoms with Crippen molar-refractivity contribution in [2.24, 2.45) is 4.99 Å². The first-order valence-electron chi connectivity index (χ1n) is 8.19. The molecule has 24 heavy (non-hydrogen) atoms. The van der Waals surface area contributed by atoms with Crippen LogP contribution in [-0.2, 0) is 16.4 Å². The molecule has 2 N–H and O–H groups in total. The number of nitrogens with one attached hydrogen (secondary N) is 2. The minimum atomic E-state index is -3.21. The first-order chi connectivity index (χ1) is 11.3. The van der Waals surface area contributed by atoms with Crippen molar-refractivity contribution in [3.8, 4) is 0 Å². The Kier molecular flexibility index (Phi) is 8.65. The average Bonchev–Trinajstić information content (AvgIpc) is 2.84. The second kappa shape index (κ2) is 9.95. The zero-order valence-electron chi connectivity index (χ0n) is 15.2. The number of guanidine groups is 1. The molecule has 0 unspecified atom stereocenters. The third kappa shape index (κ3) is 6.37. The Morgan fingerprint density at radius 2 is 1.83 bits per heavy atom. The number of nitrogens with zero attached hydrogens (tertiary/aromatic N) is 3. The number of aryl methyl sites for hydroxylation is 2. The molecule has 1 rings (SSSR count). The molecular weight excluding hydrogens is 346 g/mol. The zero-order chi connectivity index (χ0) is 18.2. The van der Waals surface area contributed by atoms with Crippen LogP contribution in [0.15, 0.2) is 4.99 Å². The topological polar surface area (TPSA) is 86.7 Å². The van der Waals surface area contributed by atoms with Gasteiger partial charge in [-0.1, -0.05) is 13.8 Å². The molecule has 7 nitrogen and oxygen atoms in total. The van der Waals surface area contributed by atoms with E-state index in [4.69, 9.17) is 0 Å². The molecule has 1 heterocycles. The smallest absolute Gasteiger partial charge is 0.215 e. The summed E-state index contributed by atoms with van der Waals surface area (Å²) in [6, 6.07) is 0. The Labute approximate surface area is 149 Å². The molecule has 1 aromatic rings. The van der Waals surface area contributed by atoms with Gasteiger partial charge in [-0.3, -0.25) is 4.99 Å². The molecule has 0 aliphatic rings. The van der Waals surface area contributed by atoms with Crippen molar-refractivity contribution in [3.05, 3.63) is 15.6 Å². The summed E-state index contributed by atoms with van der Waals surface area (Å²) in [6.45, 7) is 9.80. The van der Waals surface area contributed by atoms with Crippen LogP contribution in [0.4, 0.5) is 0 Å². The van der Waals surface area contributed by atoms with E-state index >= 15 is 0 Å². The molecule has 0 saturated heterocycles. The molecule has 9 heteroatoms. The third-order valence-corrected chi connectivity index (χ3v) is 6.83. The summed E-state index contributed by atoms with van der Waals surface area (Å²) in [4.78, 5) is 9.86. The van der Waals surface area contributed by atoms with Gasteiger partial charge in [0.25, 0.3) is 0 Å². The Hall–Kier alpha value is -1.19. The SMILES string of the molecule is CCN(CC)S(=O)(=O)CCNC(=NC)NCCc1nc(C)c(C)s1. The van der Waals surface area contributed by atoms with E-state index in [2.05, 4.69) is 27.5 Å². The van der Waals surface area contributed by atoms with E-state index in [1.165, 1.54) is 9.18 Å². The van der Waals surface area contributed by atoms with Gasteiger partial charge in [-0.2, -0.15) is 0 Å². The molecule has 0 saturated carbocycles. The van der Waals surface area contributed by atoms with Gasteiger partial charge in [0.05, 0.1) is 16.5 Å². The highest BCUT2D eigenvalue weighted by atomic mass is 32.2. The predicted octanol–water partition coefficient (Wildman–Crippen LogP) is 1.14. The number of hydrogen-bond donors (Lipinski definition) is 2. The van der Waals surface area contributed by atoms with E-state index < -0.39 is 10.0 Å². The van der Waals surface area contributed by atoms with Crippen molar-refractivity contribution in [2.45, 2.75) is 34.1 Å². The summed E-state index contributed by atoms with van der Waals surface area (Å²) in [6.07, 6.45) is 0.817. The largest absolute Gasteiger partial charge is 0.356 e. The van der Waals surface area contributed by atoms with E-state index in [0.717, 1.165) is 17.1 Å². The van der Waals surface area contributed by atoms with Crippen molar-refractivity contribution in [1.82, 2.24) is 19.9 Å². The van der Waals surface area contributed by atoms with Gasteiger partial charge in [0.15, 0.2) is 5.96 Å². The monoisotopic (exact) mass is 375 g/mol. The van der Waals surface area contributed by atoms with Gasteiger partial charge >= 0.3 is 0 Å². The van der Waals surface area contributed by atoms with Crippen LogP contribution < -0.4 is 10.6 Å². The van der Waals surface area contributed by atoms with Crippen molar-refractivity contribution < 1.29 is 8.42 Å². The Bertz CT molecular complexity index is 617. The summed E-state index contributed by atoms with van der Waals surface area (Å²) in [5, 5.41) is 7.33. The highest BCUT2D eigenvalue weighted by molar-refractivity contribution is 7.89. The van der Waals surface area contributed by atoms with Crippen molar-refractivity contribution in [3.63, 3.8) is 0 Å². The summed E-state index contributed by atoms with van der Waals surface area (Å²) >= 11 is 1.71. The Balaban J connectivity index is 2.37. The first kappa shape index (κ1) is 20.9. The van der Waals surface area contributed by atoms with Gasteiger partial charge in [0.2, 0.25) is 10.0 Å². The highest BCUT2D eigenvalue weighted by Gasteiger charge is 2.18. The summed E-state index contributed by atoms with van der Waals surface area (Å²) < 4.78 is 25.7. The van der Waals surface area contributed by atoms with Crippen LogP contribution in [0, 0.1) is 13.8 Å². The lowest BCUT2D eigenvalue weighted by Gasteiger charge is -2.19. The fraction of sp³-hybridized carbons (Fsp3) is 0.733. The van der Waals surface area contributed by atoms with Crippen LogP contribution in [0.1, 0.15) is 29.4 Å². The average molecular weight is 376 g/mol. The second-order valence-corrected chi connectivity index (χ2v) is 8.70. The molecule has 0 atom stereocenters. The zero-order valence-corrected chi connectivity index (χ0v) is 16.9. The lowest BCUT2D eigenvalue weighted by molar-refractivity contribution is 0.445. The predicted molar refractivity (Wildman–Crippen MR) is 101 cm³/mol. The highest BCUT2D eigenvalue weighted by Crippen LogP contribution is 2.16. The maximum absolute atomic E-state index is 12.1. The standard InChI is InChI=1S/C15H29N5O2S2/c1-6-20(7-2)24(21,22)11-10-18-15(16-5)17-9-8-14-19-12(3)13(4)23-14/h6-11H2,1-5H3,(H2,16,17,18). The minimum Gasteiger partial charge on any atom is -0.356 e. The molecule has 1 aromatic heterocycles. The molecule has 138 valence electrons. The van der Waals surface area contributed by atoms with Gasteiger partial charge in [0, 0.05) is 44.5 Å². The molecule has 0 amide bonds. The number of sulfonamides is 1. The molecule has 0 aromatic carbocycles. The van der Waals surface area contributed by atoms with Crippen LogP contribution in [0.25, 0.3) is 0 Å². The Morgan fingerprint density at radius 1 is 1.21 bits per heavy atom. The van der Waals surface area contributed by atoms with Crippen LogP contribution in [0.3, 0.4) is 0 Å². The minimum absolute atomic E-state index is 0.0558. The van der Waals surface area contributed by atoms with Gasteiger partial charge in [0.1, 0.15) is 0 Å². The quantitative estimate of drug-likeness (QED) is 0.499. The van der Waals surface area contributed by atoms with Gasteiger partial charge in [-0.05, 0) is 13.8 Å². The number of aliphatic imine (C=N–C) groups is 1. The molecule has 0 radical (unpaired) electrons. The second-order valence-electron chi connectivity index (χ2n) is 5.33. The van der Waals surface area contributed by atoms with Crippen LogP contribution in [0.5, 0.6) is 0 Å². The first-order valence-corrected chi connectivity index (χ1v) is 10.6. The van der Waals surface area contributed by atoms with Crippen molar-refractivity contribution >= 4 is 27.3 Å². The summed E-state index contributed by atoms with van der Waals surface area (Å²) in [7, 11) is -1.54. The van der Waals surface area contributed by atoms with Crippen molar-refractivity contribution in [1.29, 1.82) is 0 Å². The number of hydrogen-bond acceptors (Lipinski definition) is 5. The van der Waals surface area contributed by atoms with Gasteiger partial charge in [-0.15, -0.1) is 11.3 Å². The van der Waals surface area contributed by atoms with E-state index in [-0.39, 0.29) is 5.75 Å². The Morgan fingerprint density at radius 3 is 2.33 bits per heavy atom. The molecule has 0 fully saturated rings.